The number of ether oxygens (including phenoxy) is 1. The summed E-state index contributed by atoms with van der Waals surface area (Å²) in [7, 11) is 1.38. The molecule has 0 saturated heterocycles. The number of fused-ring (bicyclic) bond motifs is 1. The van der Waals surface area contributed by atoms with Crippen LogP contribution in [0.15, 0.2) is 22.8 Å². The third-order valence-corrected chi connectivity index (χ3v) is 3.31. The molecule has 0 aliphatic heterocycles. The van der Waals surface area contributed by atoms with Gasteiger partial charge in [-0.15, -0.1) is 0 Å². The van der Waals surface area contributed by atoms with Crippen molar-refractivity contribution >= 4 is 32.8 Å². The molecule has 2 aromatic rings. The molecule has 0 bridgehead atoms. The van der Waals surface area contributed by atoms with Crippen molar-refractivity contribution in [3.8, 4) is 0 Å². The van der Waals surface area contributed by atoms with Gasteiger partial charge in [-0.2, -0.15) is 0 Å². The van der Waals surface area contributed by atoms with Gasteiger partial charge < -0.3 is 9.72 Å². The second kappa shape index (κ2) is 3.70. The number of hydrogen-bond acceptors (Lipinski definition) is 2. The van der Waals surface area contributed by atoms with Crippen LogP contribution in [0.4, 0.5) is 0 Å². The van der Waals surface area contributed by atoms with Crippen molar-refractivity contribution in [1.29, 1.82) is 0 Å². The molecular weight excluding hydrogens is 258 g/mol. The number of aryl methyl sites for hydroxylation is 1. The summed E-state index contributed by atoms with van der Waals surface area (Å²) in [5.41, 5.74) is 2.62. The highest BCUT2D eigenvalue weighted by Crippen LogP contribution is 2.27. The van der Waals surface area contributed by atoms with Gasteiger partial charge in [-0.3, -0.25) is 0 Å². The van der Waals surface area contributed by atoms with E-state index in [1.807, 2.05) is 19.1 Å². The molecule has 1 aromatic carbocycles. The van der Waals surface area contributed by atoms with Crippen molar-refractivity contribution in [1.82, 2.24) is 4.98 Å². The average molecular weight is 268 g/mol. The monoisotopic (exact) mass is 267 g/mol. The van der Waals surface area contributed by atoms with Crippen LogP contribution < -0.4 is 0 Å². The Balaban J connectivity index is 2.72. The van der Waals surface area contributed by atoms with Crippen molar-refractivity contribution in [2.45, 2.75) is 6.92 Å². The quantitative estimate of drug-likeness (QED) is 0.808. The number of nitrogens with one attached hydrogen (secondary N) is 1. The van der Waals surface area contributed by atoms with Crippen molar-refractivity contribution < 1.29 is 9.53 Å². The molecule has 1 N–H and O–H groups in total. The van der Waals surface area contributed by atoms with Gasteiger partial charge in [0.2, 0.25) is 0 Å². The highest BCUT2D eigenvalue weighted by Gasteiger charge is 2.13. The van der Waals surface area contributed by atoms with Crippen LogP contribution in [-0.2, 0) is 4.74 Å². The Morgan fingerprint density at radius 2 is 2.20 bits per heavy atom. The Hall–Kier alpha value is -1.29. The molecule has 0 atom stereocenters. The molecule has 2 rings (SSSR count). The number of benzene rings is 1. The zero-order valence-electron chi connectivity index (χ0n) is 8.43. The lowest BCUT2D eigenvalue weighted by Gasteiger charge is -2.00. The number of carbonyl (C=O) groups is 1. The van der Waals surface area contributed by atoms with Crippen molar-refractivity contribution in [2.75, 3.05) is 7.11 Å². The molecule has 78 valence electrons. The second-order valence-corrected chi connectivity index (χ2v) is 4.14. The highest BCUT2D eigenvalue weighted by molar-refractivity contribution is 9.10. The van der Waals surface area contributed by atoms with Gasteiger partial charge in [-0.05, 0) is 18.6 Å². The zero-order valence-corrected chi connectivity index (χ0v) is 10.0. The smallest absolute Gasteiger partial charge is 0.340 e. The van der Waals surface area contributed by atoms with E-state index in [9.17, 15) is 4.79 Å². The Morgan fingerprint density at radius 3 is 2.87 bits per heavy atom. The van der Waals surface area contributed by atoms with Gasteiger partial charge >= 0.3 is 5.97 Å². The van der Waals surface area contributed by atoms with Crippen LogP contribution in [0, 0.1) is 6.92 Å². The first-order valence-corrected chi connectivity index (χ1v) is 5.29. The second-order valence-electron chi connectivity index (χ2n) is 3.29. The lowest BCUT2D eigenvalue weighted by molar-refractivity contribution is 0.0603. The largest absolute Gasteiger partial charge is 0.465 e. The molecule has 0 radical (unpaired) electrons. The summed E-state index contributed by atoms with van der Waals surface area (Å²) in [6.45, 7) is 1.99. The van der Waals surface area contributed by atoms with E-state index in [4.69, 9.17) is 4.74 Å². The maximum atomic E-state index is 11.4. The first kappa shape index (κ1) is 10.2. The number of methoxy groups -OCH3 is 1. The van der Waals surface area contributed by atoms with E-state index in [0.717, 1.165) is 20.9 Å². The van der Waals surface area contributed by atoms with Gasteiger partial charge in [0.1, 0.15) is 0 Å². The van der Waals surface area contributed by atoms with E-state index in [-0.39, 0.29) is 5.97 Å². The summed E-state index contributed by atoms with van der Waals surface area (Å²) in [6, 6.07) is 3.83. The fraction of sp³-hybridized carbons (Fsp3) is 0.182. The number of halogens is 1. The molecule has 1 aromatic heterocycles. The highest BCUT2D eigenvalue weighted by atomic mass is 79.9. The maximum Gasteiger partial charge on any atom is 0.340 e. The zero-order chi connectivity index (χ0) is 11.0. The molecule has 0 spiro atoms. The van der Waals surface area contributed by atoms with Crippen LogP contribution in [0.5, 0.6) is 0 Å². The topological polar surface area (TPSA) is 42.1 Å². The van der Waals surface area contributed by atoms with Gasteiger partial charge in [-0.25, -0.2) is 4.79 Å². The number of H-pyrrole nitrogens is 1. The number of aromatic nitrogens is 1. The molecule has 0 aliphatic rings. The third kappa shape index (κ3) is 1.55. The Morgan fingerprint density at radius 1 is 1.47 bits per heavy atom. The molecule has 4 heteroatoms. The molecule has 0 aliphatic carbocycles. The lowest BCUT2D eigenvalue weighted by atomic mass is 10.1. The van der Waals surface area contributed by atoms with E-state index in [1.165, 1.54) is 7.11 Å². The number of carbonyl (C=O) groups excluding carboxylic acids is 1. The third-order valence-electron chi connectivity index (χ3n) is 2.46. The van der Waals surface area contributed by atoms with Crippen LogP contribution in [0.3, 0.4) is 0 Å². The molecule has 1 heterocycles. The lowest BCUT2D eigenvalue weighted by Crippen LogP contribution is -1.99. The fourth-order valence-corrected chi connectivity index (χ4v) is 1.93. The number of esters is 1. The minimum absolute atomic E-state index is 0.317. The van der Waals surface area contributed by atoms with Gasteiger partial charge in [-0.1, -0.05) is 22.0 Å². The maximum absolute atomic E-state index is 11.4. The predicted octanol–water partition coefficient (Wildman–Crippen LogP) is 3.03. The normalized spacial score (nSPS) is 10.6. The minimum Gasteiger partial charge on any atom is -0.465 e. The summed E-state index contributed by atoms with van der Waals surface area (Å²) in [4.78, 5) is 14.5. The molecule has 0 amide bonds. The summed E-state index contributed by atoms with van der Waals surface area (Å²) in [5.74, 6) is -0.317. The van der Waals surface area contributed by atoms with E-state index in [0.29, 0.717) is 5.56 Å². The van der Waals surface area contributed by atoms with Crippen molar-refractivity contribution in [3.05, 3.63) is 33.9 Å². The molecule has 15 heavy (non-hydrogen) atoms. The van der Waals surface area contributed by atoms with Crippen LogP contribution in [0.25, 0.3) is 10.9 Å². The standard InChI is InChI=1S/C11H10BrNO2/c1-6-9(12)4-3-7-8(11(14)15-2)5-13-10(6)7/h3-5,13H,1-2H3. The van der Waals surface area contributed by atoms with Gasteiger partial charge in [0.25, 0.3) is 0 Å². The molecule has 3 nitrogen and oxygen atoms in total. The van der Waals surface area contributed by atoms with E-state index < -0.39 is 0 Å². The van der Waals surface area contributed by atoms with E-state index in [1.54, 1.807) is 6.20 Å². The van der Waals surface area contributed by atoms with E-state index in [2.05, 4.69) is 20.9 Å². The minimum atomic E-state index is -0.317. The number of aromatic amines is 1. The Kier molecular flexibility index (Phi) is 2.52. The molecular formula is C11H10BrNO2. The van der Waals surface area contributed by atoms with Gasteiger partial charge in [0, 0.05) is 16.1 Å². The SMILES string of the molecule is COC(=O)c1c[nH]c2c(C)c(Br)ccc12. The summed E-state index contributed by atoms with van der Waals surface area (Å²) in [5, 5.41) is 0.891. The Labute approximate surface area is 95.6 Å². The summed E-state index contributed by atoms with van der Waals surface area (Å²) < 4.78 is 5.72. The van der Waals surface area contributed by atoms with Crippen LogP contribution in [-0.4, -0.2) is 18.1 Å². The first-order valence-electron chi connectivity index (χ1n) is 4.49. The fourth-order valence-electron chi connectivity index (χ4n) is 1.60. The predicted molar refractivity (Wildman–Crippen MR) is 62.1 cm³/mol. The van der Waals surface area contributed by atoms with Gasteiger partial charge in [0.05, 0.1) is 18.2 Å². The van der Waals surface area contributed by atoms with Crippen LogP contribution in [0.1, 0.15) is 15.9 Å². The van der Waals surface area contributed by atoms with Gasteiger partial charge in [0.15, 0.2) is 0 Å². The van der Waals surface area contributed by atoms with E-state index >= 15 is 0 Å². The molecule has 0 saturated carbocycles. The first-order chi connectivity index (χ1) is 7.15. The average Bonchev–Trinajstić information content (AvgIpc) is 2.66. The number of rotatable bonds is 1. The van der Waals surface area contributed by atoms with Crippen LogP contribution >= 0.6 is 15.9 Å². The van der Waals surface area contributed by atoms with Crippen molar-refractivity contribution in [2.24, 2.45) is 0 Å². The van der Waals surface area contributed by atoms with Crippen LogP contribution in [0.2, 0.25) is 0 Å². The molecule has 0 fully saturated rings. The Bertz CT molecular complexity index is 531. The summed E-state index contributed by atoms with van der Waals surface area (Å²) in [6.07, 6.45) is 1.68. The summed E-state index contributed by atoms with van der Waals surface area (Å²) >= 11 is 3.44. The molecule has 0 unspecified atom stereocenters. The number of hydrogen-bond donors (Lipinski definition) is 1. The van der Waals surface area contributed by atoms with Crippen molar-refractivity contribution in [3.63, 3.8) is 0 Å².